The zero-order valence-corrected chi connectivity index (χ0v) is 20.1. The maximum absolute atomic E-state index is 13.8. The van der Waals surface area contributed by atoms with Gasteiger partial charge in [0.05, 0.1) is 11.1 Å². The number of aromatic nitrogens is 2. The molecule has 0 N–H and O–H groups in total. The summed E-state index contributed by atoms with van der Waals surface area (Å²) in [6.07, 6.45) is 2.85. The molecule has 3 nitrogen and oxygen atoms in total. The number of aryl methyl sites for hydroxylation is 1. The van der Waals surface area contributed by atoms with E-state index in [-0.39, 0.29) is 10.3 Å². The van der Waals surface area contributed by atoms with Crippen LogP contribution in [-0.2, 0) is 12.2 Å². The van der Waals surface area contributed by atoms with Gasteiger partial charge in [-0.2, -0.15) is 0 Å². The molecule has 3 heterocycles. The van der Waals surface area contributed by atoms with Gasteiger partial charge in [-0.3, -0.25) is 9.36 Å². The summed E-state index contributed by atoms with van der Waals surface area (Å²) in [5, 5.41) is 2.26. The Morgan fingerprint density at radius 2 is 2.21 bits per heavy atom. The molecule has 0 unspecified atom stereocenters. The van der Waals surface area contributed by atoms with Crippen molar-refractivity contribution in [1.29, 1.82) is 0 Å². The Morgan fingerprint density at radius 3 is 2.93 bits per heavy atom. The summed E-state index contributed by atoms with van der Waals surface area (Å²) < 4.78 is 1.91. The maximum atomic E-state index is 13.8. The van der Waals surface area contributed by atoms with Crippen molar-refractivity contribution in [3.8, 4) is 5.69 Å². The third-order valence-electron chi connectivity index (χ3n) is 4.91. The van der Waals surface area contributed by atoms with E-state index in [4.69, 9.17) is 16.6 Å². The van der Waals surface area contributed by atoms with Crippen LogP contribution in [0.2, 0.25) is 0 Å². The highest BCUT2D eigenvalue weighted by atomic mass is 35.5. The molecule has 4 rings (SSSR count). The normalized spacial score (nSPS) is 16.2. The Bertz CT molecular complexity index is 1170. The van der Waals surface area contributed by atoms with Crippen LogP contribution in [0.25, 0.3) is 15.9 Å². The summed E-state index contributed by atoms with van der Waals surface area (Å²) in [6.45, 7) is 8.40. The minimum Gasteiger partial charge on any atom is -0.268 e. The van der Waals surface area contributed by atoms with Crippen LogP contribution in [0.5, 0.6) is 0 Å². The summed E-state index contributed by atoms with van der Waals surface area (Å²) in [6, 6.07) is 8.05. The number of nitrogens with zero attached hydrogens (tertiary/aromatic N) is 2. The van der Waals surface area contributed by atoms with Crippen LogP contribution < -0.4 is 5.56 Å². The largest absolute Gasteiger partial charge is 0.268 e. The van der Waals surface area contributed by atoms with Crippen LogP contribution in [0.1, 0.15) is 36.8 Å². The molecule has 0 atom stereocenters. The highest BCUT2D eigenvalue weighted by Crippen LogP contribution is 2.44. The summed E-state index contributed by atoms with van der Waals surface area (Å²) in [7, 11) is 0. The standard InChI is InChI=1S/C22H23ClN2OS3/c1-13-6-5-7-15(10-13)25-20(26)18-16-11-22(3,4)28-12-17(16)29-19(18)24-21(25)27-9-8-14(2)23/h5-8,10H,9,11-12H2,1-4H3/b14-8-. The average molecular weight is 463 g/mol. The maximum Gasteiger partial charge on any atom is 0.267 e. The minimum absolute atomic E-state index is 0.0369. The molecular formula is C22H23ClN2OS3. The molecule has 3 aromatic rings. The lowest BCUT2D eigenvalue weighted by atomic mass is 10.00. The van der Waals surface area contributed by atoms with E-state index >= 15 is 0 Å². The van der Waals surface area contributed by atoms with Crippen molar-refractivity contribution in [3.05, 3.63) is 61.7 Å². The Labute approximate surface area is 188 Å². The monoisotopic (exact) mass is 462 g/mol. The fraction of sp³-hybridized carbons (Fsp3) is 0.364. The summed E-state index contributed by atoms with van der Waals surface area (Å²) in [5.41, 5.74) is 3.21. The number of fused-ring (bicyclic) bond motifs is 3. The Kier molecular flexibility index (Phi) is 5.90. The molecule has 0 aliphatic carbocycles. The Hall–Kier alpha value is -1.21. The molecule has 2 aromatic heterocycles. The SMILES string of the molecule is C/C(Cl)=C/CSc1nc2sc3c(c2c(=O)n1-c1cccc(C)c1)CC(C)(C)SC3. The molecule has 0 amide bonds. The van der Waals surface area contributed by atoms with E-state index in [1.165, 1.54) is 10.4 Å². The summed E-state index contributed by atoms with van der Waals surface area (Å²) in [4.78, 5) is 20.9. The number of hydrogen-bond acceptors (Lipinski definition) is 5. The number of rotatable bonds is 4. The molecule has 0 radical (unpaired) electrons. The Balaban J connectivity index is 1.95. The fourth-order valence-corrected chi connectivity index (χ4v) is 7.01. The van der Waals surface area contributed by atoms with E-state index in [1.807, 2.05) is 56.0 Å². The average Bonchev–Trinajstić information content (AvgIpc) is 2.98. The lowest BCUT2D eigenvalue weighted by Gasteiger charge is -2.28. The third-order valence-corrected chi connectivity index (χ3v) is 8.60. The number of halogens is 1. The molecule has 0 saturated heterocycles. The van der Waals surface area contributed by atoms with Crippen molar-refractivity contribution < 1.29 is 0 Å². The predicted molar refractivity (Wildman–Crippen MR) is 129 cm³/mol. The van der Waals surface area contributed by atoms with Gasteiger partial charge in [-0.1, -0.05) is 55.4 Å². The topological polar surface area (TPSA) is 34.9 Å². The molecule has 7 heteroatoms. The van der Waals surface area contributed by atoms with Crippen molar-refractivity contribution in [2.24, 2.45) is 0 Å². The lowest BCUT2D eigenvalue weighted by Crippen LogP contribution is -2.26. The van der Waals surface area contributed by atoms with Crippen molar-refractivity contribution >= 4 is 56.7 Å². The van der Waals surface area contributed by atoms with Crippen LogP contribution in [0.4, 0.5) is 0 Å². The first-order valence-electron chi connectivity index (χ1n) is 9.48. The van der Waals surface area contributed by atoms with Crippen LogP contribution in [0.3, 0.4) is 0 Å². The van der Waals surface area contributed by atoms with Crippen LogP contribution in [-0.4, -0.2) is 20.1 Å². The van der Waals surface area contributed by atoms with E-state index in [9.17, 15) is 4.79 Å². The van der Waals surface area contributed by atoms with Gasteiger partial charge in [0.2, 0.25) is 0 Å². The fourth-order valence-electron chi connectivity index (χ4n) is 3.50. The molecule has 0 saturated carbocycles. The third kappa shape index (κ3) is 4.31. The molecule has 0 bridgehead atoms. The van der Waals surface area contributed by atoms with Crippen LogP contribution >= 0.6 is 46.5 Å². The molecule has 0 spiro atoms. The van der Waals surface area contributed by atoms with Crippen molar-refractivity contribution in [2.75, 3.05) is 5.75 Å². The van der Waals surface area contributed by atoms with Crippen molar-refractivity contribution in [1.82, 2.24) is 9.55 Å². The van der Waals surface area contributed by atoms with Crippen LogP contribution in [0.15, 0.2) is 45.3 Å². The molecule has 0 fully saturated rings. The van der Waals surface area contributed by atoms with Crippen molar-refractivity contribution in [3.63, 3.8) is 0 Å². The summed E-state index contributed by atoms with van der Waals surface area (Å²) in [5.74, 6) is 1.62. The molecule has 152 valence electrons. The molecule has 1 aliphatic rings. The van der Waals surface area contributed by atoms with E-state index in [0.29, 0.717) is 10.9 Å². The first kappa shape index (κ1) is 21.0. The van der Waals surface area contributed by atoms with E-state index < -0.39 is 0 Å². The Morgan fingerprint density at radius 1 is 1.41 bits per heavy atom. The minimum atomic E-state index is 0.0369. The van der Waals surface area contributed by atoms with E-state index in [0.717, 1.165) is 38.7 Å². The van der Waals surface area contributed by atoms with Gasteiger partial charge in [-0.05, 0) is 43.5 Å². The number of thiophene rings is 1. The summed E-state index contributed by atoms with van der Waals surface area (Å²) >= 11 is 11.2. The second kappa shape index (κ2) is 8.14. The molecule has 1 aromatic carbocycles. The van der Waals surface area contributed by atoms with Crippen molar-refractivity contribution in [2.45, 2.75) is 49.8 Å². The zero-order chi connectivity index (χ0) is 20.8. The second-order valence-electron chi connectivity index (χ2n) is 7.88. The zero-order valence-electron chi connectivity index (χ0n) is 16.9. The molecule has 29 heavy (non-hydrogen) atoms. The van der Waals surface area contributed by atoms with Gasteiger partial charge >= 0.3 is 0 Å². The van der Waals surface area contributed by atoms with E-state index in [1.54, 1.807) is 27.7 Å². The highest BCUT2D eigenvalue weighted by Gasteiger charge is 2.31. The van der Waals surface area contributed by atoms with Gasteiger partial charge in [0.25, 0.3) is 5.56 Å². The number of allylic oxidation sites excluding steroid dienone is 1. The molecular weight excluding hydrogens is 440 g/mol. The lowest BCUT2D eigenvalue weighted by molar-refractivity contribution is 0.698. The van der Waals surface area contributed by atoms with E-state index in [2.05, 4.69) is 13.8 Å². The van der Waals surface area contributed by atoms with Gasteiger partial charge in [0.1, 0.15) is 4.83 Å². The van der Waals surface area contributed by atoms with Gasteiger partial charge in [0.15, 0.2) is 5.16 Å². The van der Waals surface area contributed by atoms with Gasteiger partial charge in [0, 0.05) is 26.2 Å². The van der Waals surface area contributed by atoms with Gasteiger partial charge < -0.3 is 0 Å². The molecule has 1 aliphatic heterocycles. The first-order chi connectivity index (χ1) is 13.7. The number of hydrogen-bond donors (Lipinski definition) is 0. The second-order valence-corrected chi connectivity index (χ2v) is 12.2. The van der Waals surface area contributed by atoms with Gasteiger partial charge in [-0.25, -0.2) is 4.98 Å². The van der Waals surface area contributed by atoms with Gasteiger partial charge in [-0.15, -0.1) is 23.1 Å². The predicted octanol–water partition coefficient (Wildman–Crippen LogP) is 6.56. The number of thioether (sulfide) groups is 2. The number of benzene rings is 1. The smallest absolute Gasteiger partial charge is 0.267 e. The van der Waals surface area contributed by atoms with Crippen LogP contribution in [0, 0.1) is 6.92 Å². The first-order valence-corrected chi connectivity index (χ1v) is 12.6. The quantitative estimate of drug-likeness (QED) is 0.325. The highest BCUT2D eigenvalue weighted by molar-refractivity contribution is 8.00.